The molecule has 2 rings (SSSR count). The highest BCUT2D eigenvalue weighted by Crippen LogP contribution is 2.40. The first-order chi connectivity index (χ1) is 10.2. The molecule has 5 nitrogen and oxygen atoms in total. The van der Waals surface area contributed by atoms with Crippen LogP contribution in [0.3, 0.4) is 0 Å². The normalized spacial score (nSPS) is 17.1. The Kier molecular flexibility index (Phi) is 8.20. The van der Waals surface area contributed by atoms with Gasteiger partial charge in [-0.05, 0) is 36.7 Å². The smallest absolute Gasteiger partial charge is 0.191 e. The van der Waals surface area contributed by atoms with Crippen molar-refractivity contribution >= 4 is 29.9 Å². The standard InChI is InChI=1S/C16H29N5.HI/c1-4-16(8-5-6-9-16)13-19-15(17-2)18-10-7-14-11-20-21(3)12-14;/h11-12H,4-10,13H2,1-3H3,(H2,17,18,19);1H. The largest absolute Gasteiger partial charge is 0.356 e. The number of hydrogen-bond donors (Lipinski definition) is 2. The zero-order valence-electron chi connectivity index (χ0n) is 14.1. The van der Waals surface area contributed by atoms with Gasteiger partial charge in [-0.15, -0.1) is 24.0 Å². The zero-order valence-corrected chi connectivity index (χ0v) is 16.4. The van der Waals surface area contributed by atoms with Gasteiger partial charge in [-0.25, -0.2) is 0 Å². The topological polar surface area (TPSA) is 54.2 Å². The number of aliphatic imine (C=N–C) groups is 1. The average molecular weight is 419 g/mol. The molecule has 1 aliphatic carbocycles. The van der Waals surface area contributed by atoms with Gasteiger partial charge in [-0.2, -0.15) is 5.10 Å². The molecule has 2 N–H and O–H groups in total. The molecule has 0 bridgehead atoms. The average Bonchev–Trinajstić information content (AvgIpc) is 3.12. The van der Waals surface area contributed by atoms with Crippen LogP contribution in [0.1, 0.15) is 44.6 Å². The Hall–Kier alpha value is -0.790. The number of rotatable bonds is 6. The van der Waals surface area contributed by atoms with E-state index in [1.165, 1.54) is 37.7 Å². The lowest BCUT2D eigenvalue weighted by Crippen LogP contribution is -2.43. The van der Waals surface area contributed by atoms with Crippen molar-refractivity contribution in [1.29, 1.82) is 0 Å². The molecule has 1 aromatic rings. The van der Waals surface area contributed by atoms with E-state index in [1.807, 2.05) is 25.0 Å². The molecule has 0 atom stereocenters. The number of guanidine groups is 1. The van der Waals surface area contributed by atoms with E-state index in [0.717, 1.165) is 25.5 Å². The van der Waals surface area contributed by atoms with Crippen LogP contribution in [0.4, 0.5) is 0 Å². The third kappa shape index (κ3) is 5.44. The van der Waals surface area contributed by atoms with Crippen molar-refractivity contribution in [2.45, 2.75) is 45.4 Å². The van der Waals surface area contributed by atoms with E-state index in [0.29, 0.717) is 5.41 Å². The van der Waals surface area contributed by atoms with Gasteiger partial charge in [0.2, 0.25) is 0 Å². The van der Waals surface area contributed by atoms with Crippen LogP contribution in [0.15, 0.2) is 17.4 Å². The van der Waals surface area contributed by atoms with Gasteiger partial charge in [0.15, 0.2) is 5.96 Å². The minimum atomic E-state index is 0. The SMILES string of the molecule is CCC1(CNC(=NC)NCCc2cnn(C)c2)CCCC1.I. The molecule has 1 saturated carbocycles. The molecule has 22 heavy (non-hydrogen) atoms. The Morgan fingerprint density at radius 2 is 2.09 bits per heavy atom. The molecule has 0 aliphatic heterocycles. The second-order valence-electron chi connectivity index (χ2n) is 6.19. The molecular weight excluding hydrogens is 389 g/mol. The minimum Gasteiger partial charge on any atom is -0.356 e. The van der Waals surface area contributed by atoms with E-state index in [2.05, 4.69) is 33.8 Å². The summed E-state index contributed by atoms with van der Waals surface area (Å²) in [6, 6.07) is 0. The van der Waals surface area contributed by atoms with Gasteiger partial charge in [-0.3, -0.25) is 9.67 Å². The first-order valence-corrected chi connectivity index (χ1v) is 8.09. The number of nitrogens with one attached hydrogen (secondary N) is 2. The molecule has 0 aromatic carbocycles. The highest BCUT2D eigenvalue weighted by Gasteiger charge is 2.31. The molecule has 126 valence electrons. The van der Waals surface area contributed by atoms with Gasteiger partial charge < -0.3 is 10.6 Å². The zero-order chi connectivity index (χ0) is 15.1. The van der Waals surface area contributed by atoms with Gasteiger partial charge >= 0.3 is 0 Å². The Labute approximate surface area is 151 Å². The molecule has 0 amide bonds. The highest BCUT2D eigenvalue weighted by molar-refractivity contribution is 14.0. The molecular formula is C16H30IN5. The Balaban J connectivity index is 0.00000242. The summed E-state index contributed by atoms with van der Waals surface area (Å²) in [7, 11) is 3.79. The second kappa shape index (κ2) is 9.37. The third-order valence-electron chi connectivity index (χ3n) is 4.73. The van der Waals surface area contributed by atoms with Crippen LogP contribution < -0.4 is 10.6 Å². The van der Waals surface area contributed by atoms with Crippen molar-refractivity contribution < 1.29 is 0 Å². The van der Waals surface area contributed by atoms with Crippen molar-refractivity contribution in [3.63, 3.8) is 0 Å². The molecule has 1 heterocycles. The van der Waals surface area contributed by atoms with Crippen LogP contribution in [-0.2, 0) is 13.5 Å². The van der Waals surface area contributed by atoms with Crippen molar-refractivity contribution in [2.75, 3.05) is 20.1 Å². The monoisotopic (exact) mass is 419 g/mol. The van der Waals surface area contributed by atoms with E-state index in [1.54, 1.807) is 0 Å². The first-order valence-electron chi connectivity index (χ1n) is 8.09. The lowest BCUT2D eigenvalue weighted by Gasteiger charge is -2.28. The van der Waals surface area contributed by atoms with Crippen molar-refractivity contribution in [2.24, 2.45) is 17.5 Å². The summed E-state index contributed by atoms with van der Waals surface area (Å²) in [5, 5.41) is 11.1. The van der Waals surface area contributed by atoms with Crippen LogP contribution in [0, 0.1) is 5.41 Å². The molecule has 1 fully saturated rings. The van der Waals surface area contributed by atoms with E-state index in [-0.39, 0.29) is 24.0 Å². The summed E-state index contributed by atoms with van der Waals surface area (Å²) in [4.78, 5) is 4.32. The highest BCUT2D eigenvalue weighted by atomic mass is 127. The quantitative estimate of drug-likeness (QED) is 0.424. The molecule has 0 radical (unpaired) electrons. The second-order valence-corrected chi connectivity index (χ2v) is 6.19. The lowest BCUT2D eigenvalue weighted by molar-refractivity contribution is 0.283. The van der Waals surface area contributed by atoms with Gasteiger partial charge in [-0.1, -0.05) is 19.8 Å². The number of aromatic nitrogens is 2. The van der Waals surface area contributed by atoms with Crippen molar-refractivity contribution in [3.8, 4) is 0 Å². The number of nitrogens with zero attached hydrogens (tertiary/aromatic N) is 3. The predicted octanol–water partition coefficient (Wildman–Crippen LogP) is 2.72. The molecule has 1 aliphatic rings. The van der Waals surface area contributed by atoms with Crippen molar-refractivity contribution in [1.82, 2.24) is 20.4 Å². The molecule has 0 spiro atoms. The summed E-state index contributed by atoms with van der Waals surface area (Å²) in [5.74, 6) is 0.915. The fraction of sp³-hybridized carbons (Fsp3) is 0.750. The maximum Gasteiger partial charge on any atom is 0.191 e. The van der Waals surface area contributed by atoms with Crippen LogP contribution in [0.2, 0.25) is 0 Å². The Morgan fingerprint density at radius 1 is 1.36 bits per heavy atom. The number of halogens is 1. The summed E-state index contributed by atoms with van der Waals surface area (Å²) < 4.78 is 1.84. The van der Waals surface area contributed by atoms with E-state index in [9.17, 15) is 0 Å². The predicted molar refractivity (Wildman–Crippen MR) is 103 cm³/mol. The van der Waals surface area contributed by atoms with Crippen LogP contribution in [0.5, 0.6) is 0 Å². The van der Waals surface area contributed by atoms with E-state index < -0.39 is 0 Å². The molecule has 1 aromatic heterocycles. The number of hydrogen-bond acceptors (Lipinski definition) is 2. The van der Waals surface area contributed by atoms with Crippen LogP contribution in [-0.4, -0.2) is 35.9 Å². The van der Waals surface area contributed by atoms with Gasteiger partial charge in [0, 0.05) is 33.4 Å². The summed E-state index contributed by atoms with van der Waals surface area (Å²) in [5.41, 5.74) is 1.74. The Bertz CT molecular complexity index is 463. The maximum absolute atomic E-state index is 4.32. The van der Waals surface area contributed by atoms with Crippen LogP contribution >= 0.6 is 24.0 Å². The summed E-state index contributed by atoms with van der Waals surface area (Å²) >= 11 is 0. The van der Waals surface area contributed by atoms with Crippen molar-refractivity contribution in [3.05, 3.63) is 18.0 Å². The maximum atomic E-state index is 4.32. The van der Waals surface area contributed by atoms with E-state index >= 15 is 0 Å². The van der Waals surface area contributed by atoms with E-state index in [4.69, 9.17) is 0 Å². The van der Waals surface area contributed by atoms with Gasteiger partial charge in [0.05, 0.1) is 6.20 Å². The first kappa shape index (κ1) is 19.3. The van der Waals surface area contributed by atoms with Gasteiger partial charge in [0.1, 0.15) is 0 Å². The molecule has 0 unspecified atom stereocenters. The molecule has 6 heteroatoms. The number of aryl methyl sites for hydroxylation is 1. The van der Waals surface area contributed by atoms with Crippen LogP contribution in [0.25, 0.3) is 0 Å². The Morgan fingerprint density at radius 3 is 2.64 bits per heavy atom. The van der Waals surface area contributed by atoms with Gasteiger partial charge in [0.25, 0.3) is 0 Å². The fourth-order valence-corrected chi connectivity index (χ4v) is 3.20. The fourth-order valence-electron chi connectivity index (χ4n) is 3.20. The molecule has 0 saturated heterocycles. The summed E-state index contributed by atoms with van der Waals surface area (Å²) in [6.45, 7) is 4.23. The minimum absolute atomic E-state index is 0. The third-order valence-corrected chi connectivity index (χ3v) is 4.73. The lowest BCUT2D eigenvalue weighted by atomic mass is 9.83. The summed E-state index contributed by atoms with van der Waals surface area (Å²) in [6.07, 6.45) is 11.7.